The molecular weight excluding hydrogens is 338 g/mol. The smallest absolute Gasteiger partial charge is 0.338 e. The molecule has 26 heavy (non-hydrogen) atoms. The number of nitrogens with one attached hydrogen (secondary N) is 3. The van der Waals surface area contributed by atoms with E-state index in [0.29, 0.717) is 27.7 Å². The lowest BCUT2D eigenvalue weighted by Gasteiger charge is -2.12. The number of carbonyl (C=O) groups is 2. The largest absolute Gasteiger partial charge is 0.465 e. The Morgan fingerprint density at radius 3 is 2.42 bits per heavy atom. The number of benzene rings is 2. The van der Waals surface area contributed by atoms with Crippen LogP contribution in [-0.2, 0) is 16.0 Å². The third-order valence-electron chi connectivity index (χ3n) is 3.93. The molecule has 3 N–H and O–H groups in total. The van der Waals surface area contributed by atoms with Crippen molar-refractivity contribution in [3.63, 3.8) is 0 Å². The average molecular weight is 355 g/mol. The summed E-state index contributed by atoms with van der Waals surface area (Å²) in [6.07, 6.45) is 0. The van der Waals surface area contributed by atoms with E-state index < -0.39 is 11.9 Å². The Hall–Kier alpha value is -3.55. The summed E-state index contributed by atoms with van der Waals surface area (Å²) in [5, 5.41) is 3.17. The minimum absolute atomic E-state index is 0.273. The van der Waals surface area contributed by atoms with Crippen LogP contribution >= 0.6 is 0 Å². The number of hydrogen-bond acceptors (Lipinski definition) is 6. The van der Waals surface area contributed by atoms with Crippen molar-refractivity contribution in [3.05, 3.63) is 63.6 Å². The molecule has 8 heteroatoms. The van der Waals surface area contributed by atoms with E-state index in [2.05, 4.69) is 15.3 Å². The summed E-state index contributed by atoms with van der Waals surface area (Å²) in [4.78, 5) is 40.4. The van der Waals surface area contributed by atoms with Crippen molar-refractivity contribution in [3.8, 4) is 0 Å². The summed E-state index contributed by atoms with van der Waals surface area (Å²) >= 11 is 0. The summed E-state index contributed by atoms with van der Waals surface area (Å²) < 4.78 is 9.51. The number of rotatable bonds is 5. The van der Waals surface area contributed by atoms with Gasteiger partial charge in [-0.15, -0.1) is 0 Å². The molecule has 0 aliphatic heterocycles. The fourth-order valence-corrected chi connectivity index (χ4v) is 2.63. The third kappa shape index (κ3) is 3.44. The van der Waals surface area contributed by atoms with E-state index >= 15 is 0 Å². The second kappa shape index (κ2) is 7.14. The van der Waals surface area contributed by atoms with Crippen molar-refractivity contribution in [1.82, 2.24) is 9.97 Å². The molecule has 0 aliphatic rings. The minimum Gasteiger partial charge on any atom is -0.465 e. The van der Waals surface area contributed by atoms with Gasteiger partial charge in [0.05, 0.1) is 36.4 Å². The van der Waals surface area contributed by atoms with Gasteiger partial charge in [-0.05, 0) is 42.0 Å². The maximum Gasteiger partial charge on any atom is 0.338 e. The van der Waals surface area contributed by atoms with Gasteiger partial charge in [0.25, 0.3) is 0 Å². The van der Waals surface area contributed by atoms with Crippen molar-refractivity contribution in [2.45, 2.75) is 6.54 Å². The first-order valence-electron chi connectivity index (χ1n) is 7.77. The Morgan fingerprint density at radius 1 is 0.962 bits per heavy atom. The van der Waals surface area contributed by atoms with Crippen LogP contribution in [0.5, 0.6) is 0 Å². The number of aromatic nitrogens is 2. The molecule has 0 saturated heterocycles. The molecular formula is C18H17N3O5. The molecule has 134 valence electrons. The molecule has 0 bridgehead atoms. The van der Waals surface area contributed by atoms with Gasteiger partial charge in [0.2, 0.25) is 0 Å². The number of anilines is 1. The zero-order valence-corrected chi connectivity index (χ0v) is 14.2. The van der Waals surface area contributed by atoms with Crippen LogP contribution in [0.1, 0.15) is 26.3 Å². The lowest BCUT2D eigenvalue weighted by atomic mass is 10.0. The molecule has 2 aromatic carbocycles. The summed E-state index contributed by atoms with van der Waals surface area (Å²) in [6, 6.07) is 9.97. The maximum absolute atomic E-state index is 12.0. The van der Waals surface area contributed by atoms with Gasteiger partial charge in [0.1, 0.15) is 0 Å². The molecule has 0 aliphatic carbocycles. The van der Waals surface area contributed by atoms with Gasteiger partial charge in [0.15, 0.2) is 0 Å². The normalized spacial score (nSPS) is 10.5. The molecule has 1 heterocycles. The Bertz CT molecular complexity index is 1030. The quantitative estimate of drug-likeness (QED) is 0.604. The predicted molar refractivity (Wildman–Crippen MR) is 95.4 cm³/mol. The van der Waals surface area contributed by atoms with Gasteiger partial charge in [-0.3, -0.25) is 0 Å². The lowest BCUT2D eigenvalue weighted by Crippen LogP contribution is -2.11. The van der Waals surface area contributed by atoms with Crippen LogP contribution in [0.4, 0.5) is 5.69 Å². The van der Waals surface area contributed by atoms with Crippen molar-refractivity contribution in [2.24, 2.45) is 0 Å². The lowest BCUT2D eigenvalue weighted by molar-refractivity contribution is 0.0585. The number of imidazole rings is 1. The van der Waals surface area contributed by atoms with Crippen molar-refractivity contribution in [1.29, 1.82) is 0 Å². The first-order valence-corrected chi connectivity index (χ1v) is 7.77. The minimum atomic E-state index is -0.497. The van der Waals surface area contributed by atoms with Gasteiger partial charge >= 0.3 is 17.6 Å². The van der Waals surface area contributed by atoms with Crippen LogP contribution in [0.25, 0.3) is 11.0 Å². The van der Waals surface area contributed by atoms with E-state index in [-0.39, 0.29) is 12.2 Å². The molecule has 0 amide bonds. The number of carbonyl (C=O) groups excluding carboxylic acids is 2. The number of H-pyrrole nitrogens is 2. The monoisotopic (exact) mass is 355 g/mol. The highest BCUT2D eigenvalue weighted by Crippen LogP contribution is 2.19. The fraction of sp³-hybridized carbons (Fsp3) is 0.167. The van der Waals surface area contributed by atoms with Crippen LogP contribution in [0.15, 0.2) is 41.2 Å². The molecule has 0 atom stereocenters. The molecule has 8 nitrogen and oxygen atoms in total. The Balaban J connectivity index is 1.89. The Morgan fingerprint density at radius 2 is 1.69 bits per heavy atom. The zero-order chi connectivity index (χ0) is 18.7. The Kier molecular flexibility index (Phi) is 4.74. The first-order chi connectivity index (χ1) is 12.5. The second-order valence-corrected chi connectivity index (χ2v) is 5.55. The highest BCUT2D eigenvalue weighted by Gasteiger charge is 2.15. The highest BCUT2D eigenvalue weighted by molar-refractivity contribution is 5.95. The summed E-state index contributed by atoms with van der Waals surface area (Å²) in [6.45, 7) is 0.273. The molecule has 0 radical (unpaired) electrons. The van der Waals surface area contributed by atoms with Crippen LogP contribution in [0.3, 0.4) is 0 Å². The number of methoxy groups -OCH3 is 2. The summed E-state index contributed by atoms with van der Waals surface area (Å²) in [7, 11) is 2.59. The van der Waals surface area contributed by atoms with Crippen LogP contribution in [0, 0.1) is 0 Å². The first kappa shape index (κ1) is 17.3. The van der Waals surface area contributed by atoms with E-state index in [1.807, 2.05) is 0 Å². The number of aromatic amines is 2. The topological polar surface area (TPSA) is 113 Å². The summed E-state index contributed by atoms with van der Waals surface area (Å²) in [5.41, 5.74) is 3.09. The van der Waals surface area contributed by atoms with Gasteiger partial charge in [0, 0.05) is 12.2 Å². The van der Waals surface area contributed by atoms with Gasteiger partial charge in [-0.2, -0.15) is 0 Å². The second-order valence-electron chi connectivity index (χ2n) is 5.55. The van der Waals surface area contributed by atoms with E-state index in [4.69, 9.17) is 9.47 Å². The highest BCUT2D eigenvalue weighted by atomic mass is 16.5. The maximum atomic E-state index is 12.0. The van der Waals surface area contributed by atoms with Gasteiger partial charge < -0.3 is 24.8 Å². The molecule has 0 unspecified atom stereocenters. The van der Waals surface area contributed by atoms with Crippen LogP contribution in [0.2, 0.25) is 0 Å². The molecule has 0 spiro atoms. The SMILES string of the molecule is COC(=O)c1ccc(C(=O)OC)c(CNc2ccc3[nH]c(=O)[nH]c3c2)c1. The van der Waals surface area contributed by atoms with E-state index in [1.165, 1.54) is 26.4 Å². The predicted octanol–water partition coefficient (Wildman–Crippen LogP) is 2.04. The third-order valence-corrected chi connectivity index (χ3v) is 3.93. The molecule has 3 rings (SSSR count). The van der Waals surface area contributed by atoms with Crippen LogP contribution in [-0.4, -0.2) is 36.1 Å². The molecule has 3 aromatic rings. The van der Waals surface area contributed by atoms with E-state index in [0.717, 1.165) is 5.69 Å². The standard InChI is InChI=1S/C18H17N3O5/c1-25-16(22)10-3-5-13(17(23)26-2)11(7-10)9-19-12-4-6-14-15(8-12)21-18(24)20-14/h3-8,19H,9H2,1-2H3,(H2,20,21,24). The number of hydrogen-bond donors (Lipinski definition) is 3. The summed E-state index contributed by atoms with van der Waals surface area (Å²) in [5.74, 6) is -0.988. The van der Waals surface area contributed by atoms with Gasteiger partial charge in [-0.1, -0.05) is 0 Å². The fourth-order valence-electron chi connectivity index (χ4n) is 2.63. The van der Waals surface area contributed by atoms with E-state index in [9.17, 15) is 14.4 Å². The number of fused-ring (bicyclic) bond motifs is 1. The number of ether oxygens (including phenoxy) is 2. The average Bonchev–Trinajstić information content (AvgIpc) is 3.04. The van der Waals surface area contributed by atoms with Crippen LogP contribution < -0.4 is 11.0 Å². The molecule has 0 saturated carbocycles. The number of esters is 2. The molecule has 1 aromatic heterocycles. The van der Waals surface area contributed by atoms with Crippen molar-refractivity contribution < 1.29 is 19.1 Å². The van der Waals surface area contributed by atoms with Crippen molar-refractivity contribution in [2.75, 3.05) is 19.5 Å². The van der Waals surface area contributed by atoms with Crippen molar-refractivity contribution >= 4 is 28.7 Å². The Labute approximate surface area is 148 Å². The zero-order valence-electron chi connectivity index (χ0n) is 14.2. The van der Waals surface area contributed by atoms with Gasteiger partial charge in [-0.25, -0.2) is 14.4 Å². The molecule has 0 fully saturated rings. The van der Waals surface area contributed by atoms with E-state index in [1.54, 1.807) is 24.3 Å².